The number of amides is 1. The molecule has 1 amide bonds. The molecule has 1 atom stereocenters. The van der Waals surface area contributed by atoms with E-state index in [-0.39, 0.29) is 0 Å². The van der Waals surface area contributed by atoms with Crippen molar-refractivity contribution in [2.24, 2.45) is 11.8 Å². The van der Waals surface area contributed by atoms with Gasteiger partial charge < -0.3 is 9.47 Å². The average molecular weight is 352 g/mol. The summed E-state index contributed by atoms with van der Waals surface area (Å²) in [4.78, 5) is 23.5. The van der Waals surface area contributed by atoms with E-state index in [0.717, 1.165) is 43.9 Å². The standard InChI is InChI=1S/C21H28N4O/c1-16-12-23-21(19-7-4-9-22-13-19)25(16)15-18-8-10-24(14-18)20(26)11-17-5-2-3-6-17/h4,7,9,12-13,17-18H,2-3,5-6,8,10-11,14-15H2,1H3/t18-/m0/s1. The lowest BCUT2D eigenvalue weighted by Crippen LogP contribution is -2.30. The Labute approximate surface area is 155 Å². The molecule has 5 nitrogen and oxygen atoms in total. The Morgan fingerprint density at radius 3 is 2.81 bits per heavy atom. The third kappa shape index (κ3) is 3.67. The highest BCUT2D eigenvalue weighted by Crippen LogP contribution is 2.30. The first-order chi connectivity index (χ1) is 12.7. The fourth-order valence-electron chi connectivity index (χ4n) is 4.47. The molecule has 4 rings (SSSR count). The zero-order chi connectivity index (χ0) is 17.9. The van der Waals surface area contributed by atoms with Gasteiger partial charge in [-0.25, -0.2) is 4.98 Å². The van der Waals surface area contributed by atoms with Crippen molar-refractivity contribution in [1.82, 2.24) is 19.4 Å². The number of carbonyl (C=O) groups excluding carboxylic acids is 1. The van der Waals surface area contributed by atoms with E-state index < -0.39 is 0 Å². The molecule has 2 aromatic heterocycles. The quantitative estimate of drug-likeness (QED) is 0.825. The molecule has 0 spiro atoms. The molecule has 1 saturated heterocycles. The van der Waals surface area contributed by atoms with E-state index in [1.807, 2.05) is 18.5 Å². The van der Waals surface area contributed by atoms with Crippen LogP contribution < -0.4 is 0 Å². The summed E-state index contributed by atoms with van der Waals surface area (Å²) in [6.07, 6.45) is 12.5. The van der Waals surface area contributed by atoms with Gasteiger partial charge in [0.2, 0.25) is 5.91 Å². The Bertz CT molecular complexity index is 749. The lowest BCUT2D eigenvalue weighted by atomic mass is 10.0. The van der Waals surface area contributed by atoms with Gasteiger partial charge in [0.15, 0.2) is 0 Å². The summed E-state index contributed by atoms with van der Waals surface area (Å²) in [6, 6.07) is 4.00. The van der Waals surface area contributed by atoms with Crippen molar-refractivity contribution in [3.05, 3.63) is 36.4 Å². The highest BCUT2D eigenvalue weighted by molar-refractivity contribution is 5.76. The first-order valence-corrected chi connectivity index (χ1v) is 9.91. The fourth-order valence-corrected chi connectivity index (χ4v) is 4.47. The first-order valence-electron chi connectivity index (χ1n) is 9.91. The summed E-state index contributed by atoms with van der Waals surface area (Å²) in [5.74, 6) is 2.49. The number of likely N-dealkylation sites (tertiary alicyclic amines) is 1. The van der Waals surface area contributed by atoms with Crippen molar-refractivity contribution in [1.29, 1.82) is 0 Å². The zero-order valence-corrected chi connectivity index (χ0v) is 15.6. The van der Waals surface area contributed by atoms with Crippen LogP contribution in [0.3, 0.4) is 0 Å². The molecule has 0 unspecified atom stereocenters. The molecular formula is C21H28N4O. The molecule has 0 radical (unpaired) electrons. The van der Waals surface area contributed by atoms with Crippen LogP contribution in [0.1, 0.15) is 44.2 Å². The van der Waals surface area contributed by atoms with Crippen molar-refractivity contribution >= 4 is 5.91 Å². The highest BCUT2D eigenvalue weighted by atomic mass is 16.2. The van der Waals surface area contributed by atoms with Crippen molar-refractivity contribution in [3.8, 4) is 11.4 Å². The first kappa shape index (κ1) is 17.3. The fraction of sp³-hybridized carbons (Fsp3) is 0.571. The van der Waals surface area contributed by atoms with Crippen molar-refractivity contribution in [2.45, 2.75) is 52.0 Å². The van der Waals surface area contributed by atoms with Gasteiger partial charge in [0, 0.05) is 55.9 Å². The number of carbonyl (C=O) groups is 1. The van der Waals surface area contributed by atoms with Crippen LogP contribution in [0.4, 0.5) is 0 Å². The molecule has 2 aliphatic rings. The van der Waals surface area contributed by atoms with E-state index in [4.69, 9.17) is 0 Å². The molecule has 26 heavy (non-hydrogen) atoms. The number of pyridine rings is 1. The lowest BCUT2D eigenvalue weighted by molar-refractivity contribution is -0.131. The summed E-state index contributed by atoms with van der Waals surface area (Å²) in [7, 11) is 0. The predicted octanol–water partition coefficient (Wildman–Crippen LogP) is 3.68. The van der Waals surface area contributed by atoms with Gasteiger partial charge in [-0.15, -0.1) is 0 Å². The molecule has 138 valence electrons. The topological polar surface area (TPSA) is 51.0 Å². The monoisotopic (exact) mass is 352 g/mol. The Morgan fingerprint density at radius 1 is 1.19 bits per heavy atom. The summed E-state index contributed by atoms with van der Waals surface area (Å²) < 4.78 is 2.28. The van der Waals surface area contributed by atoms with Gasteiger partial charge >= 0.3 is 0 Å². The number of hydrogen-bond acceptors (Lipinski definition) is 3. The lowest BCUT2D eigenvalue weighted by Gasteiger charge is -2.19. The Kier molecular flexibility index (Phi) is 5.05. The van der Waals surface area contributed by atoms with E-state index in [0.29, 0.717) is 17.7 Å². The molecule has 1 aliphatic heterocycles. The minimum Gasteiger partial charge on any atom is -0.342 e. The maximum absolute atomic E-state index is 12.6. The molecular weight excluding hydrogens is 324 g/mol. The molecule has 2 aromatic rings. The molecule has 0 N–H and O–H groups in total. The minimum absolute atomic E-state index is 0.370. The second-order valence-electron chi connectivity index (χ2n) is 7.92. The van der Waals surface area contributed by atoms with Crippen LogP contribution in [0.15, 0.2) is 30.7 Å². The van der Waals surface area contributed by atoms with Gasteiger partial charge in [-0.3, -0.25) is 9.78 Å². The summed E-state index contributed by atoms with van der Waals surface area (Å²) >= 11 is 0. The average Bonchev–Trinajstić information content (AvgIpc) is 3.39. The molecule has 3 heterocycles. The van der Waals surface area contributed by atoms with Crippen molar-refractivity contribution < 1.29 is 4.79 Å². The third-order valence-electron chi connectivity index (χ3n) is 5.99. The van der Waals surface area contributed by atoms with Gasteiger partial charge in [-0.1, -0.05) is 12.8 Å². The molecule has 5 heteroatoms. The highest BCUT2D eigenvalue weighted by Gasteiger charge is 2.29. The molecule has 2 fully saturated rings. The number of aryl methyl sites for hydroxylation is 1. The molecule has 1 aliphatic carbocycles. The second kappa shape index (κ2) is 7.60. The van der Waals surface area contributed by atoms with Gasteiger partial charge in [-0.05, 0) is 50.2 Å². The number of aromatic nitrogens is 3. The van der Waals surface area contributed by atoms with Gasteiger partial charge in [0.05, 0.1) is 0 Å². The normalized spacial score (nSPS) is 20.8. The predicted molar refractivity (Wildman–Crippen MR) is 101 cm³/mol. The minimum atomic E-state index is 0.370. The van der Waals surface area contributed by atoms with Crippen LogP contribution in [0.25, 0.3) is 11.4 Å². The van der Waals surface area contributed by atoms with E-state index in [1.165, 1.54) is 31.4 Å². The summed E-state index contributed by atoms with van der Waals surface area (Å²) in [5.41, 5.74) is 2.22. The molecule has 0 bridgehead atoms. The Balaban J connectivity index is 1.40. The molecule has 1 saturated carbocycles. The Morgan fingerprint density at radius 2 is 2.04 bits per heavy atom. The molecule has 0 aromatic carbocycles. The van der Waals surface area contributed by atoms with Gasteiger partial charge in [0.25, 0.3) is 0 Å². The van der Waals surface area contributed by atoms with E-state index in [9.17, 15) is 4.79 Å². The van der Waals surface area contributed by atoms with Gasteiger partial charge in [0.1, 0.15) is 5.82 Å². The number of rotatable bonds is 5. The smallest absolute Gasteiger partial charge is 0.222 e. The Hall–Kier alpha value is -2.17. The van der Waals surface area contributed by atoms with E-state index in [1.54, 1.807) is 6.20 Å². The summed E-state index contributed by atoms with van der Waals surface area (Å²) in [6.45, 7) is 4.82. The maximum Gasteiger partial charge on any atom is 0.222 e. The maximum atomic E-state index is 12.6. The van der Waals surface area contributed by atoms with E-state index >= 15 is 0 Å². The van der Waals surface area contributed by atoms with Crippen molar-refractivity contribution in [2.75, 3.05) is 13.1 Å². The summed E-state index contributed by atoms with van der Waals surface area (Å²) in [5, 5.41) is 0. The largest absolute Gasteiger partial charge is 0.342 e. The van der Waals surface area contributed by atoms with Crippen LogP contribution in [-0.2, 0) is 11.3 Å². The number of imidazole rings is 1. The van der Waals surface area contributed by atoms with Gasteiger partial charge in [-0.2, -0.15) is 0 Å². The second-order valence-corrected chi connectivity index (χ2v) is 7.92. The number of nitrogens with zero attached hydrogens (tertiary/aromatic N) is 4. The van der Waals surface area contributed by atoms with Crippen molar-refractivity contribution in [3.63, 3.8) is 0 Å². The zero-order valence-electron chi connectivity index (χ0n) is 15.6. The van der Waals surface area contributed by atoms with Crippen LogP contribution >= 0.6 is 0 Å². The SMILES string of the molecule is Cc1cnc(-c2cccnc2)n1C[C@H]1CCN(C(=O)CC2CCCC2)C1. The van der Waals surface area contributed by atoms with Crippen LogP contribution in [-0.4, -0.2) is 38.4 Å². The third-order valence-corrected chi connectivity index (χ3v) is 5.99. The van der Waals surface area contributed by atoms with Crippen LogP contribution in [0.5, 0.6) is 0 Å². The van der Waals surface area contributed by atoms with Crippen LogP contribution in [0, 0.1) is 18.8 Å². The number of hydrogen-bond donors (Lipinski definition) is 0. The van der Waals surface area contributed by atoms with Crippen LogP contribution in [0.2, 0.25) is 0 Å². The van der Waals surface area contributed by atoms with E-state index in [2.05, 4.69) is 32.4 Å².